The predicted octanol–water partition coefficient (Wildman–Crippen LogP) is 2.51. The van der Waals surface area contributed by atoms with Crippen molar-refractivity contribution in [3.63, 3.8) is 0 Å². The van der Waals surface area contributed by atoms with Crippen molar-refractivity contribution in [3.05, 3.63) is 41.4 Å². The van der Waals surface area contributed by atoms with Crippen LogP contribution in [0.5, 0.6) is 5.75 Å². The number of guanidine groups is 1. The first-order valence-electron chi connectivity index (χ1n) is 9.08. The first-order valence-corrected chi connectivity index (χ1v) is 9.96. The van der Waals surface area contributed by atoms with Gasteiger partial charge in [-0.15, -0.1) is 35.3 Å². The van der Waals surface area contributed by atoms with E-state index < -0.39 is 0 Å². The van der Waals surface area contributed by atoms with Crippen LogP contribution < -0.4 is 15.4 Å². The molecule has 1 unspecified atom stereocenters. The zero-order chi connectivity index (χ0) is 19.2. The molecule has 1 fully saturated rings. The third kappa shape index (κ3) is 5.71. The van der Waals surface area contributed by atoms with E-state index in [1.54, 1.807) is 18.4 Å². The van der Waals surface area contributed by atoms with Crippen molar-refractivity contribution in [1.29, 1.82) is 0 Å². The summed E-state index contributed by atoms with van der Waals surface area (Å²) in [5.74, 6) is 1.47. The van der Waals surface area contributed by atoms with Crippen LogP contribution in [0.25, 0.3) is 0 Å². The van der Waals surface area contributed by atoms with Crippen LogP contribution in [0.15, 0.2) is 40.8 Å². The highest BCUT2D eigenvalue weighted by molar-refractivity contribution is 14.0. The second kappa shape index (κ2) is 10.8. The van der Waals surface area contributed by atoms with Crippen LogP contribution in [0, 0.1) is 0 Å². The Labute approximate surface area is 188 Å². The number of methoxy groups -OCH3 is 1. The molecule has 0 radical (unpaired) electrons. The lowest BCUT2D eigenvalue weighted by molar-refractivity contribution is 0.303. The highest BCUT2D eigenvalue weighted by atomic mass is 127. The minimum absolute atomic E-state index is 0. The molecule has 1 aliphatic rings. The van der Waals surface area contributed by atoms with E-state index in [0.29, 0.717) is 12.5 Å². The van der Waals surface area contributed by atoms with E-state index in [2.05, 4.69) is 45.9 Å². The molecule has 0 bridgehead atoms. The zero-order valence-electron chi connectivity index (χ0n) is 16.6. The molecule has 2 N–H and O–H groups in total. The average molecular weight is 516 g/mol. The van der Waals surface area contributed by atoms with Gasteiger partial charge in [-0.05, 0) is 31.8 Å². The van der Waals surface area contributed by atoms with Crippen molar-refractivity contribution >= 4 is 46.4 Å². The Bertz CT molecular complexity index is 747. The molecule has 2 aromatic rings. The van der Waals surface area contributed by atoms with Gasteiger partial charge in [0.2, 0.25) is 0 Å². The third-order valence-electron chi connectivity index (χ3n) is 4.82. The van der Waals surface area contributed by atoms with Gasteiger partial charge in [-0.1, -0.05) is 12.1 Å². The van der Waals surface area contributed by atoms with Gasteiger partial charge in [0.1, 0.15) is 5.75 Å². The molecule has 1 aromatic carbocycles. The number of rotatable bonds is 6. The molecular formula is C19H29IN6OS. The van der Waals surface area contributed by atoms with Gasteiger partial charge in [0.05, 0.1) is 19.7 Å². The summed E-state index contributed by atoms with van der Waals surface area (Å²) in [6.07, 6.45) is 1.85. The summed E-state index contributed by atoms with van der Waals surface area (Å²) >= 11 is 1.68. The van der Waals surface area contributed by atoms with E-state index >= 15 is 0 Å². The average Bonchev–Trinajstić information content (AvgIpc) is 3.23. The lowest BCUT2D eigenvalue weighted by atomic mass is 10.1. The lowest BCUT2D eigenvalue weighted by Crippen LogP contribution is -2.51. The van der Waals surface area contributed by atoms with E-state index in [1.807, 2.05) is 23.7 Å². The summed E-state index contributed by atoms with van der Waals surface area (Å²) in [5, 5.41) is 3.09. The summed E-state index contributed by atoms with van der Waals surface area (Å²) < 4.78 is 5.35. The largest absolute Gasteiger partial charge is 0.497 e. The number of thiazole rings is 1. The van der Waals surface area contributed by atoms with Gasteiger partial charge in [-0.25, -0.2) is 4.98 Å². The summed E-state index contributed by atoms with van der Waals surface area (Å²) in [5.41, 5.74) is 7.47. The van der Waals surface area contributed by atoms with E-state index in [1.165, 1.54) is 5.56 Å². The van der Waals surface area contributed by atoms with Crippen LogP contribution in [0.2, 0.25) is 0 Å². The van der Waals surface area contributed by atoms with E-state index in [0.717, 1.165) is 37.1 Å². The maximum atomic E-state index is 6.30. The minimum atomic E-state index is 0. The predicted molar refractivity (Wildman–Crippen MR) is 127 cm³/mol. The molecule has 1 atom stereocenters. The molecule has 9 heteroatoms. The molecule has 28 heavy (non-hydrogen) atoms. The van der Waals surface area contributed by atoms with Gasteiger partial charge >= 0.3 is 0 Å². The number of piperazine rings is 1. The van der Waals surface area contributed by atoms with Gasteiger partial charge in [-0.3, -0.25) is 4.99 Å². The highest BCUT2D eigenvalue weighted by Crippen LogP contribution is 2.23. The van der Waals surface area contributed by atoms with Crippen molar-refractivity contribution < 1.29 is 4.74 Å². The Morgan fingerprint density at radius 1 is 1.32 bits per heavy atom. The molecule has 7 nitrogen and oxygen atoms in total. The Hall–Kier alpha value is -1.59. The number of aliphatic imine (C=N–C) groups is 1. The van der Waals surface area contributed by atoms with E-state index in [9.17, 15) is 0 Å². The number of hydrogen-bond donors (Lipinski definition) is 1. The molecule has 2 heterocycles. The summed E-state index contributed by atoms with van der Waals surface area (Å²) in [6.45, 7) is 4.16. The molecular weight excluding hydrogens is 487 g/mol. The Morgan fingerprint density at radius 2 is 2.07 bits per heavy atom. The fourth-order valence-corrected chi connectivity index (χ4v) is 3.89. The van der Waals surface area contributed by atoms with E-state index in [-0.39, 0.29) is 30.0 Å². The number of anilines is 1. The van der Waals surface area contributed by atoms with Gasteiger partial charge in [0.25, 0.3) is 0 Å². The lowest BCUT2D eigenvalue weighted by Gasteiger charge is -2.35. The minimum Gasteiger partial charge on any atom is -0.497 e. The second-order valence-corrected chi connectivity index (χ2v) is 7.62. The van der Waals surface area contributed by atoms with Gasteiger partial charge in [-0.2, -0.15) is 0 Å². The number of aromatic nitrogens is 1. The first-order chi connectivity index (χ1) is 13.1. The van der Waals surface area contributed by atoms with Crippen molar-refractivity contribution in [1.82, 2.24) is 14.8 Å². The SMILES string of the molecule is COc1cccc(C(CN=C(N)N2CCN(c3nccs3)CC2)N(C)C)c1.I. The molecule has 1 aliphatic heterocycles. The van der Waals surface area contributed by atoms with Crippen molar-refractivity contribution in [3.8, 4) is 5.75 Å². The number of likely N-dealkylation sites (N-methyl/N-ethyl adjacent to an activating group) is 1. The fourth-order valence-electron chi connectivity index (χ4n) is 3.19. The smallest absolute Gasteiger partial charge is 0.191 e. The number of benzene rings is 1. The summed E-state index contributed by atoms with van der Waals surface area (Å²) in [6, 6.07) is 8.27. The molecule has 1 aromatic heterocycles. The Kier molecular flexibility index (Phi) is 8.77. The molecule has 1 saturated heterocycles. The molecule has 0 spiro atoms. The number of hydrogen-bond acceptors (Lipinski definition) is 6. The Balaban J connectivity index is 0.00000280. The van der Waals surface area contributed by atoms with Gasteiger partial charge in [0.15, 0.2) is 11.1 Å². The topological polar surface area (TPSA) is 70.2 Å². The maximum Gasteiger partial charge on any atom is 0.191 e. The van der Waals surface area contributed by atoms with Crippen molar-refractivity contribution in [2.45, 2.75) is 6.04 Å². The summed E-state index contributed by atoms with van der Waals surface area (Å²) in [4.78, 5) is 15.7. The number of halogens is 1. The van der Waals surface area contributed by atoms with E-state index in [4.69, 9.17) is 15.5 Å². The fraction of sp³-hybridized carbons (Fsp3) is 0.474. The Morgan fingerprint density at radius 3 is 2.68 bits per heavy atom. The van der Waals surface area contributed by atoms with Crippen molar-refractivity contribution in [2.75, 3.05) is 58.8 Å². The van der Waals surface area contributed by atoms with Crippen LogP contribution in [0.1, 0.15) is 11.6 Å². The molecule has 154 valence electrons. The molecule has 3 rings (SSSR count). The quantitative estimate of drug-likeness (QED) is 0.362. The van der Waals surface area contributed by atoms with Crippen LogP contribution in [0.3, 0.4) is 0 Å². The van der Waals surface area contributed by atoms with Gasteiger partial charge in [0, 0.05) is 37.8 Å². The second-order valence-electron chi connectivity index (χ2n) is 6.74. The van der Waals surface area contributed by atoms with Gasteiger partial charge < -0.3 is 25.2 Å². The standard InChI is InChI=1S/C19H28N6OS.HI/c1-23(2)17(15-5-4-6-16(13-15)26-3)14-22-18(20)24-8-10-25(11-9-24)19-21-7-12-27-19;/h4-7,12-13,17H,8-11,14H2,1-3H3,(H2,20,22);1H. The molecule has 0 aliphatic carbocycles. The third-order valence-corrected chi connectivity index (χ3v) is 5.65. The normalized spacial score (nSPS) is 16.1. The maximum absolute atomic E-state index is 6.30. The van der Waals surface area contributed by atoms with Crippen LogP contribution in [0.4, 0.5) is 5.13 Å². The summed E-state index contributed by atoms with van der Waals surface area (Å²) in [7, 11) is 5.80. The van der Waals surface area contributed by atoms with Crippen LogP contribution >= 0.6 is 35.3 Å². The number of nitrogens with two attached hydrogens (primary N) is 1. The van der Waals surface area contributed by atoms with Crippen LogP contribution in [-0.4, -0.2) is 74.7 Å². The molecule has 0 amide bonds. The van der Waals surface area contributed by atoms with Crippen molar-refractivity contribution in [2.24, 2.45) is 10.7 Å². The zero-order valence-corrected chi connectivity index (χ0v) is 19.8. The molecule has 0 saturated carbocycles. The number of ether oxygens (including phenoxy) is 1. The highest BCUT2D eigenvalue weighted by Gasteiger charge is 2.21. The first kappa shape index (κ1) is 22.7. The monoisotopic (exact) mass is 516 g/mol. The van der Waals surface area contributed by atoms with Crippen LogP contribution in [-0.2, 0) is 0 Å². The number of nitrogens with zero attached hydrogens (tertiary/aromatic N) is 5.